The van der Waals surface area contributed by atoms with Gasteiger partial charge >= 0.3 is 0 Å². The van der Waals surface area contributed by atoms with E-state index in [9.17, 15) is 9.59 Å². The first kappa shape index (κ1) is 20.9. The molecule has 0 atom stereocenters. The van der Waals surface area contributed by atoms with Gasteiger partial charge in [-0.3, -0.25) is 14.5 Å². The molecule has 0 saturated carbocycles. The molecule has 6 heteroatoms. The molecule has 0 bridgehead atoms. The van der Waals surface area contributed by atoms with Crippen LogP contribution in [0.25, 0.3) is 0 Å². The number of hydrogen-bond donors (Lipinski definition) is 1. The molecule has 2 rings (SSSR count). The maximum absolute atomic E-state index is 12.6. The summed E-state index contributed by atoms with van der Waals surface area (Å²) >= 11 is 6.05. The van der Waals surface area contributed by atoms with Crippen molar-refractivity contribution in [3.63, 3.8) is 0 Å². The number of halogens is 1. The zero-order valence-corrected chi connectivity index (χ0v) is 16.6. The van der Waals surface area contributed by atoms with Crippen molar-refractivity contribution in [2.24, 2.45) is 0 Å². The Kier molecular flexibility index (Phi) is 8.30. The monoisotopic (exact) mass is 387 g/mol. The average molecular weight is 388 g/mol. The lowest BCUT2D eigenvalue weighted by Crippen LogP contribution is -2.41. The molecular formula is C21H26ClN3O2. The number of amides is 2. The van der Waals surface area contributed by atoms with Crippen molar-refractivity contribution in [3.05, 3.63) is 65.2 Å². The maximum Gasteiger partial charge on any atom is 0.244 e. The van der Waals surface area contributed by atoms with Crippen LogP contribution in [0.15, 0.2) is 54.6 Å². The fraction of sp³-hybridized carbons (Fsp3) is 0.333. The lowest BCUT2D eigenvalue weighted by atomic mass is 10.2. The third-order valence-electron chi connectivity index (χ3n) is 4.10. The standard InChI is InChI=1S/C21H26ClN3O2/c1-3-13-25(14-17-9-5-4-6-10-17)16-21(27)24(2)15-20(26)23-19-12-8-7-11-18(19)22/h4-12H,3,13-16H2,1-2H3,(H,23,26). The van der Waals surface area contributed by atoms with Crippen LogP contribution >= 0.6 is 11.6 Å². The van der Waals surface area contributed by atoms with Crippen LogP contribution < -0.4 is 5.32 Å². The second-order valence-electron chi connectivity index (χ2n) is 6.47. The molecule has 2 aromatic rings. The normalized spacial score (nSPS) is 10.7. The fourth-order valence-corrected chi connectivity index (χ4v) is 2.92. The molecule has 0 unspecified atom stereocenters. The predicted octanol–water partition coefficient (Wildman–Crippen LogP) is 3.65. The summed E-state index contributed by atoms with van der Waals surface area (Å²) in [6.45, 7) is 3.87. The van der Waals surface area contributed by atoms with E-state index in [2.05, 4.69) is 17.1 Å². The Bertz CT molecular complexity index is 752. The predicted molar refractivity (Wildman–Crippen MR) is 110 cm³/mol. The summed E-state index contributed by atoms with van der Waals surface area (Å²) < 4.78 is 0. The van der Waals surface area contributed by atoms with E-state index in [1.165, 1.54) is 4.90 Å². The Morgan fingerprint density at radius 1 is 1.00 bits per heavy atom. The zero-order chi connectivity index (χ0) is 19.6. The van der Waals surface area contributed by atoms with Crippen molar-refractivity contribution >= 4 is 29.1 Å². The third kappa shape index (κ3) is 7.04. The number of carbonyl (C=O) groups excluding carboxylic acids is 2. The molecule has 0 aliphatic carbocycles. The van der Waals surface area contributed by atoms with Gasteiger partial charge in [0.15, 0.2) is 0 Å². The second kappa shape index (κ2) is 10.7. The lowest BCUT2D eigenvalue weighted by Gasteiger charge is -2.24. The van der Waals surface area contributed by atoms with Crippen molar-refractivity contribution < 1.29 is 9.59 Å². The van der Waals surface area contributed by atoms with E-state index < -0.39 is 0 Å². The Hall–Kier alpha value is -2.37. The Morgan fingerprint density at radius 2 is 1.67 bits per heavy atom. The van der Waals surface area contributed by atoms with Crippen molar-refractivity contribution in [1.29, 1.82) is 0 Å². The van der Waals surface area contributed by atoms with Gasteiger partial charge in [0.05, 0.1) is 23.8 Å². The summed E-state index contributed by atoms with van der Waals surface area (Å²) in [7, 11) is 1.64. The van der Waals surface area contributed by atoms with Crippen LogP contribution in [0.2, 0.25) is 5.02 Å². The molecule has 0 aliphatic heterocycles. The van der Waals surface area contributed by atoms with Gasteiger partial charge in [-0.05, 0) is 30.7 Å². The Morgan fingerprint density at radius 3 is 2.33 bits per heavy atom. The number of nitrogens with zero attached hydrogens (tertiary/aromatic N) is 2. The van der Waals surface area contributed by atoms with Gasteiger partial charge in [-0.2, -0.15) is 0 Å². The van der Waals surface area contributed by atoms with Crippen molar-refractivity contribution in [2.45, 2.75) is 19.9 Å². The summed E-state index contributed by atoms with van der Waals surface area (Å²) in [6.07, 6.45) is 0.955. The quantitative estimate of drug-likeness (QED) is 0.714. The van der Waals surface area contributed by atoms with Gasteiger partial charge in [0.2, 0.25) is 11.8 Å². The molecule has 27 heavy (non-hydrogen) atoms. The first-order valence-electron chi connectivity index (χ1n) is 9.04. The van der Waals surface area contributed by atoms with Gasteiger partial charge in [0.25, 0.3) is 0 Å². The SMILES string of the molecule is CCCN(CC(=O)N(C)CC(=O)Nc1ccccc1Cl)Cc1ccccc1. The first-order valence-corrected chi connectivity index (χ1v) is 9.42. The van der Waals surface area contributed by atoms with Gasteiger partial charge in [-0.25, -0.2) is 0 Å². The molecule has 2 amide bonds. The van der Waals surface area contributed by atoms with Crippen LogP contribution in [-0.2, 0) is 16.1 Å². The average Bonchev–Trinajstić information content (AvgIpc) is 2.64. The summed E-state index contributed by atoms with van der Waals surface area (Å²) in [5.41, 5.74) is 1.71. The number of benzene rings is 2. The van der Waals surface area contributed by atoms with Gasteiger partial charge < -0.3 is 10.2 Å². The molecule has 0 aliphatic rings. The molecule has 0 saturated heterocycles. The summed E-state index contributed by atoms with van der Waals surface area (Å²) in [6, 6.07) is 17.1. The van der Waals surface area contributed by atoms with Crippen molar-refractivity contribution in [1.82, 2.24) is 9.80 Å². The van der Waals surface area contributed by atoms with Crippen LogP contribution in [0.4, 0.5) is 5.69 Å². The van der Waals surface area contributed by atoms with E-state index in [1.807, 2.05) is 30.3 Å². The number of rotatable bonds is 9. The number of carbonyl (C=O) groups is 2. The third-order valence-corrected chi connectivity index (χ3v) is 4.43. The molecule has 144 valence electrons. The summed E-state index contributed by atoms with van der Waals surface area (Å²) in [5, 5.41) is 3.21. The molecular weight excluding hydrogens is 362 g/mol. The topological polar surface area (TPSA) is 52.7 Å². The van der Waals surface area contributed by atoms with Crippen LogP contribution in [0.5, 0.6) is 0 Å². The van der Waals surface area contributed by atoms with E-state index in [-0.39, 0.29) is 24.9 Å². The summed E-state index contributed by atoms with van der Waals surface area (Å²) in [4.78, 5) is 28.3. The highest BCUT2D eigenvalue weighted by molar-refractivity contribution is 6.33. The molecule has 0 spiro atoms. The molecule has 5 nitrogen and oxygen atoms in total. The van der Waals surface area contributed by atoms with Crippen molar-refractivity contribution in [2.75, 3.05) is 32.0 Å². The zero-order valence-electron chi connectivity index (χ0n) is 15.8. The lowest BCUT2D eigenvalue weighted by molar-refractivity contribution is -0.134. The Balaban J connectivity index is 1.88. The smallest absolute Gasteiger partial charge is 0.244 e. The second-order valence-corrected chi connectivity index (χ2v) is 6.88. The van der Waals surface area contributed by atoms with E-state index in [0.29, 0.717) is 17.3 Å². The number of para-hydroxylation sites is 1. The van der Waals surface area contributed by atoms with E-state index in [0.717, 1.165) is 18.5 Å². The van der Waals surface area contributed by atoms with Crippen LogP contribution in [0.1, 0.15) is 18.9 Å². The number of nitrogens with one attached hydrogen (secondary N) is 1. The van der Waals surface area contributed by atoms with Crippen LogP contribution in [-0.4, -0.2) is 48.3 Å². The molecule has 0 fully saturated rings. The minimum Gasteiger partial charge on any atom is -0.335 e. The van der Waals surface area contributed by atoms with E-state index in [1.54, 1.807) is 31.3 Å². The van der Waals surface area contributed by atoms with E-state index >= 15 is 0 Å². The van der Waals surface area contributed by atoms with E-state index in [4.69, 9.17) is 11.6 Å². The minimum atomic E-state index is -0.274. The van der Waals surface area contributed by atoms with Gasteiger partial charge in [-0.1, -0.05) is 61.0 Å². The highest BCUT2D eigenvalue weighted by Gasteiger charge is 2.17. The van der Waals surface area contributed by atoms with Crippen LogP contribution in [0.3, 0.4) is 0 Å². The number of hydrogen-bond acceptors (Lipinski definition) is 3. The molecule has 1 N–H and O–H groups in total. The highest BCUT2D eigenvalue weighted by Crippen LogP contribution is 2.20. The number of anilines is 1. The van der Waals surface area contributed by atoms with Crippen molar-refractivity contribution in [3.8, 4) is 0 Å². The molecule has 0 aromatic heterocycles. The van der Waals surface area contributed by atoms with Gasteiger partial charge in [-0.15, -0.1) is 0 Å². The largest absolute Gasteiger partial charge is 0.335 e. The minimum absolute atomic E-state index is 0.0185. The number of likely N-dealkylation sites (N-methyl/N-ethyl adjacent to an activating group) is 1. The molecule has 2 aromatic carbocycles. The van der Waals surface area contributed by atoms with Gasteiger partial charge in [0.1, 0.15) is 0 Å². The molecule has 0 heterocycles. The fourth-order valence-electron chi connectivity index (χ4n) is 2.74. The Labute approximate surface area is 165 Å². The molecule has 0 radical (unpaired) electrons. The maximum atomic E-state index is 12.6. The van der Waals surface area contributed by atoms with Crippen LogP contribution in [0, 0.1) is 0 Å². The first-order chi connectivity index (χ1) is 13.0. The summed E-state index contributed by atoms with van der Waals surface area (Å²) in [5.74, 6) is -0.363. The highest BCUT2D eigenvalue weighted by atomic mass is 35.5. The van der Waals surface area contributed by atoms with Gasteiger partial charge in [0, 0.05) is 13.6 Å².